The van der Waals surface area contributed by atoms with Crippen LogP contribution in [0.5, 0.6) is 5.75 Å². The van der Waals surface area contributed by atoms with Crippen molar-refractivity contribution in [1.82, 2.24) is 5.32 Å². The van der Waals surface area contributed by atoms with Gasteiger partial charge in [-0.05, 0) is 47.7 Å². The van der Waals surface area contributed by atoms with Crippen LogP contribution in [0.2, 0.25) is 10.0 Å². The van der Waals surface area contributed by atoms with Gasteiger partial charge in [-0.2, -0.15) is 0 Å². The Labute approximate surface area is 169 Å². The maximum Gasteiger partial charge on any atom is 0.230 e. The fourth-order valence-electron chi connectivity index (χ4n) is 2.61. The van der Waals surface area contributed by atoms with Gasteiger partial charge < -0.3 is 10.4 Å². The van der Waals surface area contributed by atoms with Crippen molar-refractivity contribution in [2.24, 2.45) is 0 Å². The van der Waals surface area contributed by atoms with Gasteiger partial charge in [0.2, 0.25) is 5.91 Å². The van der Waals surface area contributed by atoms with Crippen LogP contribution in [0.4, 0.5) is 0 Å². The van der Waals surface area contributed by atoms with Gasteiger partial charge >= 0.3 is 0 Å². The molecule has 0 spiro atoms. The van der Waals surface area contributed by atoms with Crippen molar-refractivity contribution in [2.75, 3.05) is 12.3 Å². The second-order valence-electron chi connectivity index (χ2n) is 6.33. The highest BCUT2D eigenvalue weighted by Gasteiger charge is 2.13. The Morgan fingerprint density at radius 2 is 1.85 bits per heavy atom. The van der Waals surface area contributed by atoms with Crippen LogP contribution in [0, 0.1) is 0 Å². The number of phenols is 1. The summed E-state index contributed by atoms with van der Waals surface area (Å²) in [4.78, 5) is 12.5. The predicted molar refractivity (Wildman–Crippen MR) is 111 cm³/mol. The lowest BCUT2D eigenvalue weighted by Crippen LogP contribution is -2.24. The maximum atomic E-state index is 11.6. The van der Waals surface area contributed by atoms with E-state index < -0.39 is 0 Å². The number of carbonyl (C=O) groups is 1. The van der Waals surface area contributed by atoms with Crippen LogP contribution in [0.1, 0.15) is 43.4 Å². The zero-order valence-electron chi connectivity index (χ0n) is 15.1. The summed E-state index contributed by atoms with van der Waals surface area (Å²) in [5.74, 6) is 0.848. The molecule has 0 aromatic heterocycles. The van der Waals surface area contributed by atoms with Crippen LogP contribution in [-0.4, -0.2) is 23.3 Å². The molecule has 0 aliphatic heterocycles. The second kappa shape index (κ2) is 9.54. The fourth-order valence-corrected chi connectivity index (χ4v) is 4.16. The quantitative estimate of drug-likeness (QED) is 0.579. The summed E-state index contributed by atoms with van der Waals surface area (Å²) in [6.45, 7) is 6.59. The molecule has 6 heteroatoms. The Bertz CT molecular complexity index is 770. The largest absolute Gasteiger partial charge is 0.508 e. The molecule has 1 amide bonds. The number of thioether (sulfide) groups is 1. The Morgan fingerprint density at radius 3 is 2.42 bits per heavy atom. The van der Waals surface area contributed by atoms with Gasteiger partial charge in [-0.1, -0.05) is 49.2 Å². The van der Waals surface area contributed by atoms with E-state index in [0.29, 0.717) is 34.5 Å². The first-order valence-electron chi connectivity index (χ1n) is 8.51. The first-order chi connectivity index (χ1) is 12.3. The van der Waals surface area contributed by atoms with Gasteiger partial charge in [0.05, 0.1) is 5.75 Å². The zero-order chi connectivity index (χ0) is 19.3. The molecular weight excluding hydrogens is 389 g/mol. The third-order valence-electron chi connectivity index (χ3n) is 3.95. The molecule has 0 heterocycles. The van der Waals surface area contributed by atoms with Crippen LogP contribution < -0.4 is 5.32 Å². The summed E-state index contributed by atoms with van der Waals surface area (Å²) in [7, 11) is 0. The number of rotatable bonds is 7. The smallest absolute Gasteiger partial charge is 0.230 e. The summed E-state index contributed by atoms with van der Waals surface area (Å²) in [5.41, 5.74) is 2.79. The van der Waals surface area contributed by atoms with Crippen molar-refractivity contribution >= 4 is 40.9 Å². The van der Waals surface area contributed by atoms with Gasteiger partial charge in [0, 0.05) is 27.9 Å². The third kappa shape index (κ3) is 5.57. The van der Waals surface area contributed by atoms with Gasteiger partial charge in [-0.3, -0.25) is 4.79 Å². The molecule has 0 atom stereocenters. The molecule has 0 saturated heterocycles. The number of benzene rings is 2. The van der Waals surface area contributed by atoms with Crippen molar-refractivity contribution in [3.63, 3.8) is 0 Å². The van der Waals surface area contributed by atoms with E-state index in [9.17, 15) is 9.90 Å². The number of aromatic hydroxyl groups is 1. The lowest BCUT2D eigenvalue weighted by atomic mass is 9.96. The van der Waals surface area contributed by atoms with E-state index in [1.54, 1.807) is 6.07 Å². The number of carbonyl (C=O) groups excluding carboxylic acids is 1. The zero-order valence-corrected chi connectivity index (χ0v) is 17.4. The van der Waals surface area contributed by atoms with Crippen molar-refractivity contribution in [3.8, 4) is 5.75 Å². The topological polar surface area (TPSA) is 49.3 Å². The molecule has 0 aliphatic carbocycles. The van der Waals surface area contributed by atoms with Crippen LogP contribution in [-0.2, 0) is 11.2 Å². The number of nitrogens with one attached hydrogen (secondary N) is 1. The first kappa shape index (κ1) is 20.9. The first-order valence-corrected chi connectivity index (χ1v) is 10.2. The van der Waals surface area contributed by atoms with Crippen LogP contribution in [0.25, 0.3) is 0 Å². The molecule has 2 N–H and O–H groups in total. The summed E-state index contributed by atoms with van der Waals surface area (Å²) in [6.07, 6.45) is 0.582. The number of halogens is 2. The van der Waals surface area contributed by atoms with Crippen molar-refractivity contribution < 1.29 is 9.90 Å². The molecule has 0 fully saturated rings. The van der Waals surface area contributed by atoms with Crippen molar-refractivity contribution in [2.45, 2.75) is 38.0 Å². The van der Waals surface area contributed by atoms with E-state index in [-0.39, 0.29) is 11.8 Å². The minimum absolute atomic E-state index is 0.0147. The second-order valence-corrected chi connectivity index (χ2v) is 8.20. The molecular formula is C20H23Cl2NO2S. The maximum absolute atomic E-state index is 11.6. The van der Waals surface area contributed by atoms with Crippen LogP contribution >= 0.6 is 35.0 Å². The van der Waals surface area contributed by atoms with E-state index in [1.807, 2.05) is 45.0 Å². The molecule has 2 rings (SSSR count). The number of hydrogen-bond acceptors (Lipinski definition) is 3. The van der Waals surface area contributed by atoms with E-state index >= 15 is 0 Å². The highest BCUT2D eigenvalue weighted by Crippen LogP contribution is 2.34. The molecule has 26 heavy (non-hydrogen) atoms. The minimum atomic E-state index is -0.0147. The SMILES string of the molecule is CCNC(=O)CSc1cc(Cl)c(Cc2ccc(O)c(C(C)C)c2)c(Cl)c1. The Kier molecular flexibility index (Phi) is 7.69. The Balaban J connectivity index is 2.18. The Hall–Kier alpha value is -1.36. The van der Waals surface area contributed by atoms with Crippen molar-refractivity contribution in [1.29, 1.82) is 0 Å². The highest BCUT2D eigenvalue weighted by atomic mass is 35.5. The van der Waals surface area contributed by atoms with E-state index in [0.717, 1.165) is 21.6 Å². The fraction of sp³-hybridized carbons (Fsp3) is 0.350. The minimum Gasteiger partial charge on any atom is -0.508 e. The molecule has 0 unspecified atom stereocenters. The normalized spacial score (nSPS) is 11.0. The van der Waals surface area contributed by atoms with Gasteiger partial charge in [0.25, 0.3) is 0 Å². The van der Waals surface area contributed by atoms with E-state index in [4.69, 9.17) is 23.2 Å². The van der Waals surface area contributed by atoms with Crippen LogP contribution in [0.3, 0.4) is 0 Å². The van der Waals surface area contributed by atoms with Gasteiger partial charge in [0.15, 0.2) is 0 Å². The van der Waals surface area contributed by atoms with Gasteiger partial charge in [-0.25, -0.2) is 0 Å². The molecule has 2 aromatic rings. The highest BCUT2D eigenvalue weighted by molar-refractivity contribution is 8.00. The molecule has 0 bridgehead atoms. The average Bonchev–Trinajstić information content (AvgIpc) is 2.57. The number of amides is 1. The number of hydrogen-bond donors (Lipinski definition) is 2. The Morgan fingerprint density at radius 1 is 1.19 bits per heavy atom. The summed E-state index contributed by atoms with van der Waals surface area (Å²) in [5, 5.41) is 13.9. The monoisotopic (exact) mass is 411 g/mol. The predicted octanol–water partition coefficient (Wildman–Crippen LogP) is 5.64. The lowest BCUT2D eigenvalue weighted by molar-refractivity contribution is -0.118. The standard InChI is InChI=1S/C20H23Cl2NO2S/c1-4-23-20(25)11-26-14-9-17(21)16(18(22)10-14)8-13-5-6-19(24)15(7-13)12(2)3/h5-7,9-10,12,24H,4,8,11H2,1-3H3,(H,23,25). The van der Waals surface area contributed by atoms with Crippen LogP contribution in [0.15, 0.2) is 35.2 Å². The van der Waals surface area contributed by atoms with E-state index in [1.165, 1.54) is 11.8 Å². The lowest BCUT2D eigenvalue weighted by Gasteiger charge is -2.13. The third-order valence-corrected chi connectivity index (χ3v) is 5.60. The summed E-state index contributed by atoms with van der Waals surface area (Å²) >= 11 is 14.3. The van der Waals surface area contributed by atoms with Crippen molar-refractivity contribution in [3.05, 3.63) is 57.1 Å². The number of phenolic OH excluding ortho intramolecular Hbond substituents is 1. The summed E-state index contributed by atoms with van der Waals surface area (Å²) in [6, 6.07) is 9.27. The molecule has 3 nitrogen and oxygen atoms in total. The molecule has 0 aliphatic rings. The molecule has 0 saturated carbocycles. The van der Waals surface area contributed by atoms with E-state index in [2.05, 4.69) is 5.32 Å². The molecule has 0 radical (unpaired) electrons. The average molecular weight is 412 g/mol. The molecule has 140 valence electrons. The van der Waals surface area contributed by atoms with Gasteiger partial charge in [-0.15, -0.1) is 11.8 Å². The van der Waals surface area contributed by atoms with Gasteiger partial charge in [0.1, 0.15) is 5.75 Å². The molecule has 2 aromatic carbocycles. The summed E-state index contributed by atoms with van der Waals surface area (Å²) < 4.78 is 0.